The molecule has 9 heteroatoms. The minimum absolute atomic E-state index is 0.227. The third-order valence-electron chi connectivity index (χ3n) is 3.08. The Morgan fingerprint density at radius 2 is 1.92 bits per heavy atom. The van der Waals surface area contributed by atoms with Gasteiger partial charge in [0.15, 0.2) is 5.82 Å². The zero-order chi connectivity index (χ0) is 18.6. The van der Waals surface area contributed by atoms with Gasteiger partial charge in [0.1, 0.15) is 17.9 Å². The number of ether oxygens (including phenoxy) is 1. The van der Waals surface area contributed by atoms with Gasteiger partial charge in [-0.3, -0.25) is 4.79 Å². The summed E-state index contributed by atoms with van der Waals surface area (Å²) in [6, 6.07) is 0.537. The molecule has 0 aliphatic rings. The lowest BCUT2D eigenvalue weighted by Gasteiger charge is -2.20. The van der Waals surface area contributed by atoms with Crippen molar-refractivity contribution in [3.63, 3.8) is 0 Å². The largest absolute Gasteiger partial charge is 0.472 e. The summed E-state index contributed by atoms with van der Waals surface area (Å²) in [4.78, 5) is 28.0. The predicted octanol–water partition coefficient (Wildman–Crippen LogP) is 2.74. The van der Waals surface area contributed by atoms with Gasteiger partial charge in [0.25, 0.3) is 5.91 Å². The van der Waals surface area contributed by atoms with Gasteiger partial charge in [-0.2, -0.15) is 4.98 Å². The second kappa shape index (κ2) is 7.37. The number of nitrogens with zero attached hydrogens (tertiary/aromatic N) is 2. The van der Waals surface area contributed by atoms with Gasteiger partial charge in [0.2, 0.25) is 5.89 Å². The fourth-order valence-electron chi connectivity index (χ4n) is 1.88. The SMILES string of the molecule is C[C@H](NC(=O)OC(C)(C)C)c1noc([C@H](C)NC(=O)c2ccoc2)n1. The summed E-state index contributed by atoms with van der Waals surface area (Å²) in [6.07, 6.45) is 2.18. The topological polar surface area (TPSA) is 119 Å². The molecule has 0 radical (unpaired) electrons. The van der Waals surface area contributed by atoms with Crippen LogP contribution in [0.3, 0.4) is 0 Å². The van der Waals surface area contributed by atoms with E-state index in [2.05, 4.69) is 20.8 Å². The number of rotatable bonds is 5. The van der Waals surface area contributed by atoms with Gasteiger partial charge < -0.3 is 24.3 Å². The molecule has 2 aromatic heterocycles. The van der Waals surface area contributed by atoms with E-state index in [4.69, 9.17) is 13.7 Å². The first-order chi connectivity index (χ1) is 11.7. The van der Waals surface area contributed by atoms with Gasteiger partial charge in [-0.1, -0.05) is 5.16 Å². The van der Waals surface area contributed by atoms with Crippen molar-refractivity contribution in [1.82, 2.24) is 20.8 Å². The van der Waals surface area contributed by atoms with E-state index >= 15 is 0 Å². The van der Waals surface area contributed by atoms with Crippen molar-refractivity contribution in [2.45, 2.75) is 52.3 Å². The van der Waals surface area contributed by atoms with Gasteiger partial charge in [0, 0.05) is 0 Å². The van der Waals surface area contributed by atoms with E-state index in [0.717, 1.165) is 0 Å². The molecule has 2 atom stereocenters. The summed E-state index contributed by atoms with van der Waals surface area (Å²) >= 11 is 0. The van der Waals surface area contributed by atoms with E-state index in [1.165, 1.54) is 12.5 Å². The normalized spacial score (nSPS) is 13.8. The fraction of sp³-hybridized carbons (Fsp3) is 0.500. The van der Waals surface area contributed by atoms with E-state index in [1.807, 2.05) is 0 Å². The van der Waals surface area contributed by atoms with Crippen LogP contribution in [0.5, 0.6) is 0 Å². The lowest BCUT2D eigenvalue weighted by molar-refractivity contribution is 0.0505. The van der Waals surface area contributed by atoms with Crippen molar-refractivity contribution >= 4 is 12.0 Å². The number of carbonyl (C=O) groups is 2. The maximum absolute atomic E-state index is 12.0. The highest BCUT2D eigenvalue weighted by atomic mass is 16.6. The average Bonchev–Trinajstić information content (AvgIpc) is 3.17. The summed E-state index contributed by atoms with van der Waals surface area (Å²) in [5, 5.41) is 9.17. The number of aromatic nitrogens is 2. The number of carbonyl (C=O) groups excluding carboxylic acids is 2. The first-order valence-electron chi connectivity index (χ1n) is 7.82. The molecule has 2 rings (SSSR count). The summed E-state index contributed by atoms with van der Waals surface area (Å²) in [6.45, 7) is 8.73. The summed E-state index contributed by atoms with van der Waals surface area (Å²) in [5.74, 6) is 0.191. The van der Waals surface area contributed by atoms with Crippen LogP contribution in [0.25, 0.3) is 0 Å². The fourth-order valence-corrected chi connectivity index (χ4v) is 1.88. The molecule has 2 N–H and O–H groups in total. The molecule has 0 fully saturated rings. The summed E-state index contributed by atoms with van der Waals surface area (Å²) in [7, 11) is 0. The molecule has 0 spiro atoms. The molecule has 136 valence electrons. The van der Waals surface area contributed by atoms with Gasteiger partial charge in [-0.25, -0.2) is 4.79 Å². The van der Waals surface area contributed by atoms with E-state index in [-0.39, 0.29) is 17.6 Å². The predicted molar refractivity (Wildman–Crippen MR) is 86.7 cm³/mol. The first kappa shape index (κ1) is 18.5. The molecule has 9 nitrogen and oxygen atoms in total. The number of furan rings is 1. The number of hydrogen-bond donors (Lipinski definition) is 2. The van der Waals surface area contributed by atoms with Crippen molar-refractivity contribution < 1.29 is 23.3 Å². The zero-order valence-corrected chi connectivity index (χ0v) is 14.8. The van der Waals surface area contributed by atoms with E-state index < -0.39 is 23.8 Å². The van der Waals surface area contributed by atoms with E-state index in [9.17, 15) is 9.59 Å². The van der Waals surface area contributed by atoms with Crippen LogP contribution in [0, 0.1) is 0 Å². The van der Waals surface area contributed by atoms with Crippen LogP contribution in [-0.2, 0) is 4.74 Å². The minimum Gasteiger partial charge on any atom is -0.472 e. The molecule has 0 aliphatic heterocycles. The summed E-state index contributed by atoms with van der Waals surface area (Å²) < 4.78 is 15.2. The molecule has 0 unspecified atom stereocenters. The van der Waals surface area contributed by atoms with Crippen LogP contribution < -0.4 is 10.6 Å². The Morgan fingerprint density at radius 1 is 1.20 bits per heavy atom. The van der Waals surface area contributed by atoms with Crippen LogP contribution in [0.2, 0.25) is 0 Å². The van der Waals surface area contributed by atoms with Crippen molar-refractivity contribution in [1.29, 1.82) is 0 Å². The summed E-state index contributed by atoms with van der Waals surface area (Å²) in [5.41, 5.74) is -0.204. The smallest absolute Gasteiger partial charge is 0.408 e. The molecule has 0 aliphatic carbocycles. The van der Waals surface area contributed by atoms with E-state index in [0.29, 0.717) is 5.56 Å². The number of alkyl carbamates (subject to hydrolysis) is 1. The standard InChI is InChI=1S/C16H22N4O5/c1-9(18-15(22)24-16(3,4)5)12-19-14(25-20-12)10(2)17-13(21)11-6-7-23-8-11/h6-10H,1-5H3,(H,17,21)(H,18,22)/t9-,10-/m0/s1. The van der Waals surface area contributed by atoms with Gasteiger partial charge >= 0.3 is 6.09 Å². The van der Waals surface area contributed by atoms with Gasteiger partial charge in [-0.05, 0) is 40.7 Å². The monoisotopic (exact) mass is 350 g/mol. The maximum atomic E-state index is 12.0. The molecule has 0 saturated heterocycles. The van der Waals surface area contributed by atoms with Gasteiger partial charge in [-0.15, -0.1) is 0 Å². The quantitative estimate of drug-likeness (QED) is 0.850. The van der Waals surface area contributed by atoms with Crippen LogP contribution in [0.15, 0.2) is 27.5 Å². The molecule has 2 amide bonds. The lowest BCUT2D eigenvalue weighted by Crippen LogP contribution is -2.34. The highest BCUT2D eigenvalue weighted by Crippen LogP contribution is 2.16. The minimum atomic E-state index is -0.599. The number of amides is 2. The second-order valence-electron chi connectivity index (χ2n) is 6.57. The number of nitrogens with one attached hydrogen (secondary N) is 2. The Morgan fingerprint density at radius 3 is 2.52 bits per heavy atom. The molecular formula is C16H22N4O5. The van der Waals surface area contributed by atoms with Crippen LogP contribution in [-0.4, -0.2) is 27.7 Å². The maximum Gasteiger partial charge on any atom is 0.408 e. The molecule has 2 heterocycles. The van der Waals surface area contributed by atoms with E-state index in [1.54, 1.807) is 40.7 Å². The molecule has 2 aromatic rings. The molecule has 0 bridgehead atoms. The van der Waals surface area contributed by atoms with Crippen molar-refractivity contribution in [2.75, 3.05) is 0 Å². The highest BCUT2D eigenvalue weighted by molar-refractivity contribution is 5.93. The Balaban J connectivity index is 1.94. The third kappa shape index (κ3) is 5.33. The third-order valence-corrected chi connectivity index (χ3v) is 3.08. The molecule has 0 saturated carbocycles. The number of hydrogen-bond acceptors (Lipinski definition) is 7. The Hall–Kier alpha value is -2.84. The van der Waals surface area contributed by atoms with Crippen molar-refractivity contribution in [3.05, 3.63) is 35.9 Å². The van der Waals surface area contributed by atoms with Crippen LogP contribution in [0.1, 0.15) is 68.8 Å². The zero-order valence-electron chi connectivity index (χ0n) is 14.8. The molecular weight excluding hydrogens is 328 g/mol. The first-order valence-corrected chi connectivity index (χ1v) is 7.82. The Kier molecular flexibility index (Phi) is 5.45. The van der Waals surface area contributed by atoms with Crippen molar-refractivity contribution in [3.8, 4) is 0 Å². The second-order valence-corrected chi connectivity index (χ2v) is 6.57. The van der Waals surface area contributed by atoms with Crippen LogP contribution >= 0.6 is 0 Å². The average molecular weight is 350 g/mol. The molecule has 0 aromatic carbocycles. The Bertz CT molecular complexity index is 717. The van der Waals surface area contributed by atoms with Crippen LogP contribution in [0.4, 0.5) is 4.79 Å². The van der Waals surface area contributed by atoms with Crippen molar-refractivity contribution in [2.24, 2.45) is 0 Å². The van der Waals surface area contributed by atoms with Gasteiger partial charge in [0.05, 0.1) is 17.9 Å². The lowest BCUT2D eigenvalue weighted by atomic mass is 10.2. The highest BCUT2D eigenvalue weighted by Gasteiger charge is 2.23. The Labute approximate surface area is 145 Å². The molecule has 25 heavy (non-hydrogen) atoms.